The fraction of sp³-hybridized carbons (Fsp3) is 0.296. The SMILES string of the molecule is N#Cc1ccc(-c2ccc(OCCCCCCCCOc3ccc(F)cc3)cc2)cc1. The number of hydrogen-bond acceptors (Lipinski definition) is 3. The van der Waals surface area contributed by atoms with Crippen molar-refractivity contribution in [1.82, 2.24) is 0 Å². The van der Waals surface area contributed by atoms with Crippen molar-refractivity contribution in [1.29, 1.82) is 5.26 Å². The van der Waals surface area contributed by atoms with Gasteiger partial charge in [0.1, 0.15) is 17.3 Å². The second-order valence-corrected chi connectivity index (χ2v) is 7.49. The molecule has 0 unspecified atom stereocenters. The maximum Gasteiger partial charge on any atom is 0.123 e. The number of benzene rings is 3. The standard InChI is InChI=1S/C27H28FNO2/c28-25-13-17-27(18-14-25)31-20-6-4-2-1-3-5-19-30-26-15-11-24(12-16-26)23-9-7-22(21-29)8-10-23/h7-18H,1-6,19-20H2. The van der Waals surface area contributed by atoms with Crippen LogP contribution in [0.15, 0.2) is 72.8 Å². The molecule has 31 heavy (non-hydrogen) atoms. The summed E-state index contributed by atoms with van der Waals surface area (Å²) in [6.07, 6.45) is 6.73. The summed E-state index contributed by atoms with van der Waals surface area (Å²) in [7, 11) is 0. The Labute approximate surface area is 184 Å². The Morgan fingerprint density at radius 2 is 1.00 bits per heavy atom. The molecule has 0 aromatic heterocycles. The minimum atomic E-state index is -0.239. The van der Waals surface area contributed by atoms with E-state index in [1.165, 1.54) is 25.0 Å². The molecule has 0 spiro atoms. The van der Waals surface area contributed by atoms with Crippen molar-refractivity contribution in [2.45, 2.75) is 38.5 Å². The first kappa shape index (κ1) is 22.4. The molecule has 0 amide bonds. The van der Waals surface area contributed by atoms with Gasteiger partial charge in [-0.15, -0.1) is 0 Å². The van der Waals surface area contributed by atoms with E-state index in [-0.39, 0.29) is 5.82 Å². The van der Waals surface area contributed by atoms with Crippen LogP contribution >= 0.6 is 0 Å². The molecule has 0 heterocycles. The number of halogens is 1. The number of nitrogens with zero attached hydrogens (tertiary/aromatic N) is 1. The van der Waals surface area contributed by atoms with E-state index in [1.54, 1.807) is 12.1 Å². The van der Waals surface area contributed by atoms with Crippen molar-refractivity contribution >= 4 is 0 Å². The summed E-state index contributed by atoms with van der Waals surface area (Å²) < 4.78 is 24.3. The van der Waals surface area contributed by atoms with Crippen LogP contribution < -0.4 is 9.47 Å². The third-order valence-corrected chi connectivity index (χ3v) is 5.09. The zero-order valence-electron chi connectivity index (χ0n) is 17.7. The van der Waals surface area contributed by atoms with E-state index < -0.39 is 0 Å². The van der Waals surface area contributed by atoms with E-state index in [0.29, 0.717) is 12.2 Å². The quantitative estimate of drug-likeness (QED) is 0.294. The summed E-state index contributed by atoms with van der Waals surface area (Å²) in [5.74, 6) is 1.37. The first-order valence-corrected chi connectivity index (χ1v) is 10.9. The Morgan fingerprint density at radius 1 is 0.581 bits per heavy atom. The molecule has 3 nitrogen and oxygen atoms in total. The van der Waals surface area contributed by atoms with Gasteiger partial charge in [-0.25, -0.2) is 4.39 Å². The van der Waals surface area contributed by atoms with Crippen molar-refractivity contribution in [3.05, 3.63) is 84.2 Å². The summed E-state index contributed by atoms with van der Waals surface area (Å²) >= 11 is 0. The van der Waals surface area contributed by atoms with Gasteiger partial charge in [0.15, 0.2) is 0 Å². The second-order valence-electron chi connectivity index (χ2n) is 7.49. The van der Waals surface area contributed by atoms with E-state index >= 15 is 0 Å². The molecule has 0 N–H and O–H groups in total. The third-order valence-electron chi connectivity index (χ3n) is 5.09. The van der Waals surface area contributed by atoms with E-state index in [2.05, 4.69) is 6.07 Å². The molecule has 0 aliphatic rings. The average molecular weight is 418 g/mol. The highest BCUT2D eigenvalue weighted by atomic mass is 19.1. The second kappa shape index (κ2) is 12.4. The predicted octanol–water partition coefficient (Wildman–Crippen LogP) is 7.16. The third kappa shape index (κ3) is 7.79. The van der Waals surface area contributed by atoms with Crippen molar-refractivity contribution in [2.75, 3.05) is 13.2 Å². The van der Waals surface area contributed by atoms with Crippen LogP contribution in [0.25, 0.3) is 11.1 Å². The summed E-state index contributed by atoms with van der Waals surface area (Å²) in [5.41, 5.74) is 2.87. The Hall–Kier alpha value is -3.32. The average Bonchev–Trinajstić information content (AvgIpc) is 2.82. The maximum atomic E-state index is 12.8. The van der Waals surface area contributed by atoms with Gasteiger partial charge in [0.25, 0.3) is 0 Å². The Morgan fingerprint density at radius 3 is 1.48 bits per heavy atom. The molecule has 0 aliphatic carbocycles. The molecule has 3 aromatic rings. The maximum absolute atomic E-state index is 12.8. The number of rotatable bonds is 12. The molecule has 3 rings (SSSR count). The molecule has 3 aromatic carbocycles. The molecular formula is C27H28FNO2. The zero-order chi connectivity index (χ0) is 21.7. The van der Waals surface area contributed by atoms with Crippen molar-refractivity contribution in [3.63, 3.8) is 0 Å². The fourth-order valence-electron chi connectivity index (χ4n) is 3.30. The first-order valence-electron chi connectivity index (χ1n) is 10.9. The highest BCUT2D eigenvalue weighted by Gasteiger charge is 2.00. The van der Waals surface area contributed by atoms with Gasteiger partial charge in [-0.2, -0.15) is 5.26 Å². The molecule has 0 aliphatic heterocycles. The Balaban J connectivity index is 1.22. The van der Waals surface area contributed by atoms with E-state index in [0.717, 1.165) is 54.9 Å². The Bertz CT molecular complexity index is 945. The van der Waals surface area contributed by atoms with Crippen molar-refractivity contribution < 1.29 is 13.9 Å². The first-order chi connectivity index (χ1) is 15.2. The molecular weight excluding hydrogens is 389 g/mol. The van der Waals surface area contributed by atoms with E-state index in [4.69, 9.17) is 14.7 Å². The van der Waals surface area contributed by atoms with E-state index in [9.17, 15) is 4.39 Å². The van der Waals surface area contributed by atoms with Gasteiger partial charge in [0, 0.05) is 0 Å². The monoisotopic (exact) mass is 417 g/mol. The molecule has 4 heteroatoms. The van der Waals surface area contributed by atoms with Crippen LogP contribution in [0.4, 0.5) is 4.39 Å². The molecule has 0 atom stereocenters. The predicted molar refractivity (Wildman–Crippen MR) is 122 cm³/mol. The number of ether oxygens (including phenoxy) is 2. The normalized spacial score (nSPS) is 10.5. The van der Waals surface area contributed by atoms with Gasteiger partial charge in [0.05, 0.1) is 24.8 Å². The number of unbranched alkanes of at least 4 members (excludes halogenated alkanes) is 5. The molecule has 0 radical (unpaired) electrons. The van der Waals surface area contributed by atoms with Crippen LogP contribution in [-0.2, 0) is 0 Å². The fourth-order valence-corrected chi connectivity index (χ4v) is 3.30. The highest BCUT2D eigenvalue weighted by molar-refractivity contribution is 5.64. The van der Waals surface area contributed by atoms with Crippen LogP contribution in [0.1, 0.15) is 44.1 Å². The number of nitriles is 1. The van der Waals surface area contributed by atoms with Gasteiger partial charge < -0.3 is 9.47 Å². The van der Waals surface area contributed by atoms with Crippen LogP contribution in [0.2, 0.25) is 0 Å². The molecule has 0 bridgehead atoms. The van der Waals surface area contributed by atoms with Crippen molar-refractivity contribution in [2.24, 2.45) is 0 Å². The van der Waals surface area contributed by atoms with Crippen LogP contribution in [-0.4, -0.2) is 13.2 Å². The summed E-state index contributed by atoms with van der Waals surface area (Å²) in [6.45, 7) is 1.40. The summed E-state index contributed by atoms with van der Waals surface area (Å²) in [5, 5.41) is 8.89. The molecule has 0 saturated heterocycles. The summed E-state index contributed by atoms with van der Waals surface area (Å²) in [6, 6.07) is 24.0. The van der Waals surface area contributed by atoms with Crippen LogP contribution in [0.5, 0.6) is 11.5 Å². The number of hydrogen-bond donors (Lipinski definition) is 0. The van der Waals surface area contributed by atoms with Crippen LogP contribution in [0.3, 0.4) is 0 Å². The lowest BCUT2D eigenvalue weighted by atomic mass is 10.0. The zero-order valence-corrected chi connectivity index (χ0v) is 17.7. The van der Waals surface area contributed by atoms with Crippen LogP contribution in [0, 0.1) is 17.1 Å². The lowest BCUT2D eigenvalue weighted by molar-refractivity contribution is 0.297. The van der Waals surface area contributed by atoms with Gasteiger partial charge >= 0.3 is 0 Å². The largest absolute Gasteiger partial charge is 0.494 e. The molecule has 0 fully saturated rings. The van der Waals surface area contributed by atoms with Gasteiger partial charge in [-0.05, 0) is 72.5 Å². The van der Waals surface area contributed by atoms with Gasteiger partial charge in [0.2, 0.25) is 0 Å². The molecule has 160 valence electrons. The Kier molecular flexibility index (Phi) is 8.94. The smallest absolute Gasteiger partial charge is 0.123 e. The van der Waals surface area contributed by atoms with Crippen molar-refractivity contribution in [3.8, 4) is 28.7 Å². The minimum Gasteiger partial charge on any atom is -0.494 e. The van der Waals surface area contributed by atoms with Gasteiger partial charge in [-0.3, -0.25) is 0 Å². The molecule has 0 saturated carbocycles. The topological polar surface area (TPSA) is 42.2 Å². The summed E-state index contributed by atoms with van der Waals surface area (Å²) in [4.78, 5) is 0. The highest BCUT2D eigenvalue weighted by Crippen LogP contribution is 2.23. The minimum absolute atomic E-state index is 0.239. The lowest BCUT2D eigenvalue weighted by Gasteiger charge is -2.08. The lowest BCUT2D eigenvalue weighted by Crippen LogP contribution is -1.98. The van der Waals surface area contributed by atoms with Gasteiger partial charge in [-0.1, -0.05) is 49.9 Å². The van der Waals surface area contributed by atoms with E-state index in [1.807, 2.05) is 48.5 Å².